The van der Waals surface area contributed by atoms with Crippen LogP contribution in [0.1, 0.15) is 30.5 Å². The van der Waals surface area contributed by atoms with Gasteiger partial charge in [0.15, 0.2) is 6.61 Å². The number of carbonyl (C=O) groups excluding carboxylic acids is 1. The second-order valence-electron chi connectivity index (χ2n) is 8.54. The van der Waals surface area contributed by atoms with Crippen molar-refractivity contribution in [1.29, 1.82) is 0 Å². The number of para-hydroxylation sites is 1. The molecule has 4 rings (SSSR count). The number of rotatable bonds is 11. The highest BCUT2D eigenvalue weighted by Gasteiger charge is 2.26. The Morgan fingerprint density at radius 2 is 1.86 bits per heavy atom. The number of hydrogen-bond acceptors (Lipinski definition) is 6. The lowest BCUT2D eigenvalue weighted by Crippen LogP contribution is -2.41. The monoisotopic (exact) mass is 476 g/mol. The van der Waals surface area contributed by atoms with Gasteiger partial charge in [0.1, 0.15) is 18.1 Å². The Morgan fingerprint density at radius 3 is 2.63 bits per heavy atom. The number of ether oxygens (including phenoxy) is 3. The summed E-state index contributed by atoms with van der Waals surface area (Å²) in [5, 5.41) is 9.39. The van der Waals surface area contributed by atoms with Crippen LogP contribution in [0.25, 0.3) is 0 Å². The summed E-state index contributed by atoms with van der Waals surface area (Å²) in [6, 6.07) is 21.4. The van der Waals surface area contributed by atoms with Crippen molar-refractivity contribution in [2.24, 2.45) is 0 Å². The van der Waals surface area contributed by atoms with Crippen LogP contribution in [0.15, 0.2) is 66.7 Å². The number of benzene rings is 3. The molecule has 0 saturated carbocycles. The van der Waals surface area contributed by atoms with Gasteiger partial charge < -0.3 is 19.1 Å². The van der Waals surface area contributed by atoms with E-state index >= 15 is 0 Å². The maximum atomic E-state index is 12.7. The molecule has 0 unspecified atom stereocenters. The number of nitrogens with one attached hydrogen (secondary N) is 1. The van der Waals surface area contributed by atoms with Crippen LogP contribution in [-0.4, -0.2) is 43.6 Å². The molecule has 7 heteroatoms. The van der Waals surface area contributed by atoms with E-state index in [1.807, 2.05) is 73.7 Å². The second-order valence-corrected chi connectivity index (χ2v) is 8.54. The highest BCUT2D eigenvalue weighted by Crippen LogP contribution is 2.34. The average molecular weight is 477 g/mol. The molecule has 0 saturated heterocycles. The summed E-state index contributed by atoms with van der Waals surface area (Å²) >= 11 is 0. The Kier molecular flexibility index (Phi) is 8.23. The zero-order valence-electron chi connectivity index (χ0n) is 20.2. The van der Waals surface area contributed by atoms with Crippen LogP contribution in [0.4, 0.5) is 11.4 Å². The Hall–Kier alpha value is -3.55. The molecule has 0 spiro atoms. The lowest BCUT2D eigenvalue weighted by molar-refractivity contribution is -0.121. The van der Waals surface area contributed by atoms with Gasteiger partial charge in [-0.2, -0.15) is 0 Å². The third-order valence-electron chi connectivity index (χ3n) is 5.98. The van der Waals surface area contributed by atoms with Crippen LogP contribution in [-0.2, 0) is 22.4 Å². The van der Waals surface area contributed by atoms with Crippen molar-refractivity contribution in [2.75, 3.05) is 36.7 Å². The van der Waals surface area contributed by atoms with Crippen LogP contribution in [0.3, 0.4) is 0 Å². The van der Waals surface area contributed by atoms with Crippen molar-refractivity contribution in [3.05, 3.63) is 83.4 Å². The smallest absolute Gasteiger partial charge is 0.265 e. The first kappa shape index (κ1) is 24.6. The highest BCUT2D eigenvalue weighted by atomic mass is 16.5. The number of anilines is 2. The Labute approximate surface area is 206 Å². The molecule has 35 heavy (non-hydrogen) atoms. The lowest BCUT2D eigenvalue weighted by Gasteiger charge is -2.30. The first-order chi connectivity index (χ1) is 17.1. The fourth-order valence-electron chi connectivity index (χ4n) is 4.26. The number of amides is 1. The SMILES string of the molecule is CCO[C@@H](C)Cc1ccc(OCCN2C(=O)COc3ccc(Cc4ccccc4NO)cc32)cc1. The molecular formula is C28H32N2O5. The van der Waals surface area contributed by atoms with Gasteiger partial charge in [0.25, 0.3) is 5.91 Å². The maximum Gasteiger partial charge on any atom is 0.265 e. The molecule has 184 valence electrons. The normalized spacial score (nSPS) is 13.7. The average Bonchev–Trinajstić information content (AvgIpc) is 2.87. The lowest BCUT2D eigenvalue weighted by atomic mass is 10.0. The van der Waals surface area contributed by atoms with Crippen molar-refractivity contribution in [3.63, 3.8) is 0 Å². The van der Waals surface area contributed by atoms with Gasteiger partial charge >= 0.3 is 0 Å². The van der Waals surface area contributed by atoms with E-state index in [2.05, 4.69) is 12.4 Å². The number of carbonyl (C=O) groups is 1. The Bertz CT molecular complexity index is 1130. The summed E-state index contributed by atoms with van der Waals surface area (Å²) < 4.78 is 17.2. The predicted molar refractivity (Wildman–Crippen MR) is 136 cm³/mol. The molecule has 1 heterocycles. The van der Waals surface area contributed by atoms with Crippen molar-refractivity contribution in [1.82, 2.24) is 0 Å². The van der Waals surface area contributed by atoms with Gasteiger partial charge in [-0.25, -0.2) is 0 Å². The minimum absolute atomic E-state index is 0.0102. The molecule has 1 aliphatic rings. The molecule has 7 nitrogen and oxygen atoms in total. The van der Waals surface area contributed by atoms with Crippen molar-refractivity contribution >= 4 is 17.3 Å². The van der Waals surface area contributed by atoms with Gasteiger partial charge in [-0.05, 0) is 73.7 Å². The molecule has 3 aromatic rings. The van der Waals surface area contributed by atoms with Gasteiger partial charge in [0.2, 0.25) is 0 Å². The quantitative estimate of drug-likeness (QED) is 0.385. The molecule has 1 amide bonds. The summed E-state index contributed by atoms with van der Waals surface area (Å²) in [5.41, 5.74) is 6.78. The molecule has 1 aliphatic heterocycles. The van der Waals surface area contributed by atoms with E-state index in [0.29, 0.717) is 37.6 Å². The van der Waals surface area contributed by atoms with E-state index < -0.39 is 0 Å². The third-order valence-corrected chi connectivity index (χ3v) is 5.98. The highest BCUT2D eigenvalue weighted by molar-refractivity contribution is 5.98. The van der Waals surface area contributed by atoms with Gasteiger partial charge in [-0.15, -0.1) is 0 Å². The summed E-state index contributed by atoms with van der Waals surface area (Å²) in [4.78, 5) is 14.4. The largest absolute Gasteiger partial charge is 0.492 e. The zero-order valence-corrected chi connectivity index (χ0v) is 20.2. The van der Waals surface area contributed by atoms with Crippen molar-refractivity contribution in [3.8, 4) is 11.5 Å². The van der Waals surface area contributed by atoms with E-state index in [1.165, 1.54) is 5.56 Å². The first-order valence-corrected chi connectivity index (χ1v) is 11.9. The Morgan fingerprint density at radius 1 is 1.09 bits per heavy atom. The fourth-order valence-corrected chi connectivity index (χ4v) is 4.26. The van der Waals surface area contributed by atoms with Gasteiger partial charge in [0.05, 0.1) is 24.0 Å². The number of hydrogen-bond donors (Lipinski definition) is 2. The van der Waals surface area contributed by atoms with E-state index in [1.54, 1.807) is 4.90 Å². The maximum absolute atomic E-state index is 12.7. The molecule has 0 fully saturated rings. The standard InChI is InChI=1S/C28H32N2O5/c1-3-33-20(2)16-21-8-11-24(12-9-21)34-15-14-30-26-18-22(10-13-27(26)35-19-28(30)31)17-23-6-4-5-7-25(23)29-32/h4-13,18,20,29,32H,3,14-17,19H2,1-2H3/t20-/m0/s1. The van der Waals surface area contributed by atoms with Crippen LogP contribution >= 0.6 is 0 Å². The van der Waals surface area contributed by atoms with E-state index in [9.17, 15) is 10.0 Å². The molecular weight excluding hydrogens is 444 g/mol. The van der Waals surface area contributed by atoms with Crippen LogP contribution in [0.5, 0.6) is 11.5 Å². The summed E-state index contributed by atoms with van der Waals surface area (Å²) in [5.74, 6) is 1.34. The predicted octanol–water partition coefficient (Wildman–Crippen LogP) is 4.85. The topological polar surface area (TPSA) is 80.3 Å². The van der Waals surface area contributed by atoms with Crippen molar-refractivity contribution < 1.29 is 24.2 Å². The minimum Gasteiger partial charge on any atom is -0.492 e. The minimum atomic E-state index is -0.101. The van der Waals surface area contributed by atoms with Gasteiger partial charge in [-0.1, -0.05) is 36.4 Å². The molecule has 0 aliphatic carbocycles. The molecule has 2 N–H and O–H groups in total. The second kappa shape index (κ2) is 11.7. The number of fused-ring (bicyclic) bond motifs is 1. The molecule has 0 bridgehead atoms. The van der Waals surface area contributed by atoms with Crippen LogP contribution in [0.2, 0.25) is 0 Å². The van der Waals surface area contributed by atoms with E-state index in [-0.39, 0.29) is 18.6 Å². The Balaban J connectivity index is 1.40. The summed E-state index contributed by atoms with van der Waals surface area (Å²) in [7, 11) is 0. The van der Waals surface area contributed by atoms with Crippen molar-refractivity contribution in [2.45, 2.75) is 32.8 Å². The molecule has 0 aromatic heterocycles. The molecule has 0 radical (unpaired) electrons. The first-order valence-electron chi connectivity index (χ1n) is 11.9. The third kappa shape index (κ3) is 6.32. The van der Waals surface area contributed by atoms with E-state index in [4.69, 9.17) is 14.2 Å². The van der Waals surface area contributed by atoms with E-state index in [0.717, 1.165) is 29.0 Å². The summed E-state index contributed by atoms with van der Waals surface area (Å²) in [6.07, 6.45) is 1.63. The fraction of sp³-hybridized carbons (Fsp3) is 0.321. The summed E-state index contributed by atoms with van der Waals surface area (Å²) in [6.45, 7) is 5.56. The number of nitrogens with zero attached hydrogens (tertiary/aromatic N) is 1. The zero-order chi connectivity index (χ0) is 24.6. The molecule has 1 atom stereocenters. The van der Waals surface area contributed by atoms with Gasteiger partial charge in [-0.3, -0.25) is 15.5 Å². The van der Waals surface area contributed by atoms with Gasteiger partial charge in [0, 0.05) is 6.61 Å². The van der Waals surface area contributed by atoms with Crippen LogP contribution < -0.4 is 19.9 Å². The molecule has 3 aromatic carbocycles. The van der Waals surface area contributed by atoms with Crippen LogP contribution in [0, 0.1) is 0 Å².